The first kappa shape index (κ1) is 21.1. The summed E-state index contributed by atoms with van der Waals surface area (Å²) in [6.07, 6.45) is 0.711. The molecule has 9 heteroatoms. The summed E-state index contributed by atoms with van der Waals surface area (Å²) >= 11 is 5.96. The van der Waals surface area contributed by atoms with E-state index in [-0.39, 0.29) is 18.3 Å². The van der Waals surface area contributed by atoms with Gasteiger partial charge in [0.15, 0.2) is 0 Å². The largest absolute Gasteiger partial charge is 0.497 e. The van der Waals surface area contributed by atoms with Crippen molar-refractivity contribution in [3.8, 4) is 5.75 Å². The number of hydrogen-bond acceptors (Lipinski definition) is 6. The number of hydrogen-bond donors (Lipinski definition) is 1. The number of anilines is 1. The maximum absolute atomic E-state index is 12.8. The quantitative estimate of drug-likeness (QED) is 0.633. The zero-order valence-electron chi connectivity index (χ0n) is 17.2. The highest BCUT2D eigenvalue weighted by Gasteiger charge is 2.25. The highest BCUT2D eigenvalue weighted by molar-refractivity contribution is 6.30. The van der Waals surface area contributed by atoms with E-state index >= 15 is 0 Å². The van der Waals surface area contributed by atoms with Crippen LogP contribution in [0.5, 0.6) is 5.75 Å². The molecule has 4 rings (SSSR count). The summed E-state index contributed by atoms with van der Waals surface area (Å²) in [7, 11) is 1.59. The number of halogens is 1. The van der Waals surface area contributed by atoms with E-state index in [2.05, 4.69) is 15.0 Å². The molecule has 31 heavy (non-hydrogen) atoms. The first-order valence-corrected chi connectivity index (χ1v) is 10.4. The number of nitrogens with zero attached hydrogens (tertiary/aromatic N) is 5. The lowest BCUT2D eigenvalue weighted by Gasteiger charge is -2.35. The highest BCUT2D eigenvalue weighted by Crippen LogP contribution is 2.21. The van der Waals surface area contributed by atoms with Crippen molar-refractivity contribution in [3.63, 3.8) is 0 Å². The summed E-state index contributed by atoms with van der Waals surface area (Å²) in [6, 6.07) is 14.9. The zero-order valence-corrected chi connectivity index (χ0v) is 17.9. The predicted molar refractivity (Wildman–Crippen MR) is 118 cm³/mol. The zero-order chi connectivity index (χ0) is 21.8. The minimum Gasteiger partial charge on any atom is -0.497 e. The second kappa shape index (κ2) is 9.36. The fraction of sp³-hybridized carbons (Fsp3) is 0.318. The number of carbonyl (C=O) groups excluding carboxylic acids is 1. The number of benzene rings is 2. The summed E-state index contributed by atoms with van der Waals surface area (Å²) < 4.78 is 6.62. The van der Waals surface area contributed by atoms with Crippen LogP contribution >= 0.6 is 11.6 Å². The van der Waals surface area contributed by atoms with Crippen LogP contribution in [0.2, 0.25) is 5.02 Å². The Hall–Kier alpha value is -3.10. The van der Waals surface area contributed by atoms with E-state index in [1.54, 1.807) is 36.3 Å². The van der Waals surface area contributed by atoms with Crippen molar-refractivity contribution in [1.29, 1.82) is 0 Å². The molecule has 1 saturated heterocycles. The average Bonchev–Trinajstić information content (AvgIpc) is 3.27. The third-order valence-corrected chi connectivity index (χ3v) is 5.60. The molecule has 2 aromatic carbocycles. The van der Waals surface area contributed by atoms with Gasteiger partial charge in [-0.05, 0) is 42.0 Å². The number of carbonyl (C=O) groups is 1. The fourth-order valence-corrected chi connectivity index (χ4v) is 3.68. The number of aromatic nitrogens is 3. The van der Waals surface area contributed by atoms with Gasteiger partial charge in [0, 0.05) is 36.9 Å². The van der Waals surface area contributed by atoms with Crippen molar-refractivity contribution in [1.82, 2.24) is 19.7 Å². The van der Waals surface area contributed by atoms with E-state index in [0.29, 0.717) is 18.1 Å². The standard InChI is InChI=1S/C22H24ClN5O3/c1-31-19-8-2-16(3-9-19)20(29)14-28-15-24-21(25-28)22(30)27-12-10-26(11-13-27)18-6-4-17(23)5-7-18/h2-9,15,20,29H,10-14H2,1H3. The molecular formula is C22H24ClN5O3. The molecule has 0 aliphatic carbocycles. The number of amides is 1. The second-order valence-electron chi connectivity index (χ2n) is 7.33. The average molecular weight is 442 g/mol. The SMILES string of the molecule is COc1ccc(C(O)Cn2cnc(C(=O)N3CCN(c4ccc(Cl)cc4)CC3)n2)cc1. The molecule has 0 bridgehead atoms. The van der Waals surface area contributed by atoms with Crippen molar-refractivity contribution >= 4 is 23.2 Å². The maximum atomic E-state index is 12.8. The molecule has 0 spiro atoms. The highest BCUT2D eigenvalue weighted by atomic mass is 35.5. The number of piperazine rings is 1. The molecular weight excluding hydrogens is 418 g/mol. The fourth-order valence-electron chi connectivity index (χ4n) is 3.55. The Bertz CT molecular complexity index is 1010. The lowest BCUT2D eigenvalue weighted by Crippen LogP contribution is -2.49. The summed E-state index contributed by atoms with van der Waals surface area (Å²) in [5, 5.41) is 15.4. The molecule has 1 unspecified atom stereocenters. The third kappa shape index (κ3) is 4.98. The van der Waals surface area contributed by atoms with E-state index in [1.807, 2.05) is 24.3 Å². The van der Waals surface area contributed by atoms with Crippen LogP contribution in [0.4, 0.5) is 5.69 Å². The van der Waals surface area contributed by atoms with Crippen molar-refractivity contribution in [2.24, 2.45) is 0 Å². The summed E-state index contributed by atoms with van der Waals surface area (Å²) in [5.41, 5.74) is 1.83. The van der Waals surface area contributed by atoms with Gasteiger partial charge < -0.3 is 19.6 Å². The van der Waals surface area contributed by atoms with Gasteiger partial charge in [0.2, 0.25) is 5.82 Å². The van der Waals surface area contributed by atoms with Crippen LogP contribution in [0.3, 0.4) is 0 Å². The van der Waals surface area contributed by atoms with E-state index in [1.165, 1.54) is 11.0 Å². The van der Waals surface area contributed by atoms with Gasteiger partial charge in [-0.25, -0.2) is 9.67 Å². The smallest absolute Gasteiger partial charge is 0.293 e. The summed E-state index contributed by atoms with van der Waals surface area (Å²) in [6.45, 7) is 2.83. The van der Waals surface area contributed by atoms with Gasteiger partial charge in [-0.2, -0.15) is 0 Å². The Kier molecular flexibility index (Phi) is 6.39. The van der Waals surface area contributed by atoms with Gasteiger partial charge in [-0.15, -0.1) is 5.10 Å². The first-order chi connectivity index (χ1) is 15.0. The molecule has 1 N–H and O–H groups in total. The van der Waals surface area contributed by atoms with Crippen molar-refractivity contribution in [3.05, 3.63) is 71.3 Å². The van der Waals surface area contributed by atoms with Crippen LogP contribution in [0, 0.1) is 0 Å². The Balaban J connectivity index is 1.33. The molecule has 1 aliphatic heterocycles. The third-order valence-electron chi connectivity index (χ3n) is 5.35. The van der Waals surface area contributed by atoms with Gasteiger partial charge in [0.25, 0.3) is 5.91 Å². The maximum Gasteiger partial charge on any atom is 0.293 e. The minimum atomic E-state index is -0.765. The molecule has 162 valence electrons. The Morgan fingerprint density at radius 1 is 1.10 bits per heavy atom. The molecule has 8 nitrogen and oxygen atoms in total. The number of aliphatic hydroxyl groups excluding tert-OH is 1. The molecule has 1 atom stereocenters. The number of ether oxygens (including phenoxy) is 1. The monoisotopic (exact) mass is 441 g/mol. The Morgan fingerprint density at radius 2 is 1.77 bits per heavy atom. The van der Waals surface area contributed by atoms with Crippen molar-refractivity contribution in [2.75, 3.05) is 38.2 Å². The number of methoxy groups -OCH3 is 1. The van der Waals surface area contributed by atoms with Gasteiger partial charge in [-0.1, -0.05) is 23.7 Å². The molecule has 0 saturated carbocycles. The molecule has 1 aromatic heterocycles. The Morgan fingerprint density at radius 3 is 2.42 bits per heavy atom. The van der Waals surface area contributed by atoms with Crippen LogP contribution in [-0.2, 0) is 6.54 Å². The first-order valence-electron chi connectivity index (χ1n) is 10.0. The van der Waals surface area contributed by atoms with Crippen molar-refractivity contribution in [2.45, 2.75) is 12.6 Å². The summed E-state index contributed by atoms with van der Waals surface area (Å²) in [4.78, 5) is 20.9. The predicted octanol–water partition coefficient (Wildman–Crippen LogP) is 2.64. The van der Waals surface area contributed by atoms with Crippen LogP contribution in [0.25, 0.3) is 0 Å². The normalized spacial score (nSPS) is 15.1. The molecule has 1 fully saturated rings. The molecule has 3 aromatic rings. The van der Waals surface area contributed by atoms with Gasteiger partial charge in [0.1, 0.15) is 12.1 Å². The van der Waals surface area contributed by atoms with E-state index in [4.69, 9.17) is 16.3 Å². The van der Waals surface area contributed by atoms with E-state index in [0.717, 1.165) is 30.1 Å². The second-order valence-corrected chi connectivity index (χ2v) is 7.77. The lowest BCUT2D eigenvalue weighted by atomic mass is 10.1. The number of aliphatic hydroxyl groups is 1. The van der Waals surface area contributed by atoms with E-state index in [9.17, 15) is 9.90 Å². The van der Waals surface area contributed by atoms with Gasteiger partial charge in [0.05, 0.1) is 19.8 Å². The Labute approximate surface area is 185 Å². The molecule has 0 radical (unpaired) electrons. The van der Waals surface area contributed by atoms with Crippen LogP contribution in [0.15, 0.2) is 54.9 Å². The minimum absolute atomic E-state index is 0.141. The van der Waals surface area contributed by atoms with Crippen LogP contribution in [0.1, 0.15) is 22.3 Å². The molecule has 1 aliphatic rings. The topological polar surface area (TPSA) is 83.7 Å². The lowest BCUT2D eigenvalue weighted by molar-refractivity contribution is 0.0733. The van der Waals surface area contributed by atoms with E-state index < -0.39 is 6.10 Å². The van der Waals surface area contributed by atoms with Crippen LogP contribution in [-0.4, -0.2) is 64.0 Å². The van der Waals surface area contributed by atoms with Crippen molar-refractivity contribution < 1.29 is 14.6 Å². The molecule has 1 amide bonds. The van der Waals surface area contributed by atoms with Crippen LogP contribution < -0.4 is 9.64 Å². The van der Waals surface area contributed by atoms with Gasteiger partial charge in [-0.3, -0.25) is 4.79 Å². The molecule has 2 heterocycles. The van der Waals surface area contributed by atoms with Gasteiger partial charge >= 0.3 is 0 Å². The summed E-state index contributed by atoms with van der Waals surface area (Å²) in [5.74, 6) is 0.663. The number of rotatable bonds is 6.